The molecule has 0 radical (unpaired) electrons. The van der Waals surface area contributed by atoms with Gasteiger partial charge in [0.25, 0.3) is 0 Å². The third-order valence-electron chi connectivity index (χ3n) is 4.71. The molecule has 0 spiro atoms. The molecule has 25 heavy (non-hydrogen) atoms. The van der Waals surface area contributed by atoms with Crippen molar-refractivity contribution in [3.63, 3.8) is 0 Å². The standard InChI is InChI=1S/C19H15F3N2O/c20-19(21,22)13-7-1-5-12(10-13)15-17(25)14-8-2-4-11-6-3-9-24(16(11)14)18(15)23/h1-2,4-5,7-8,10H,3,6,9,23H2. The fourth-order valence-electron chi connectivity index (χ4n) is 3.59. The molecule has 2 N–H and O–H groups in total. The zero-order valence-electron chi connectivity index (χ0n) is 13.2. The lowest BCUT2D eigenvalue weighted by atomic mass is 9.96. The van der Waals surface area contributed by atoms with Gasteiger partial charge in [-0.15, -0.1) is 0 Å². The molecule has 4 rings (SSSR count). The number of hydrogen-bond donors (Lipinski definition) is 1. The molecule has 2 heterocycles. The van der Waals surface area contributed by atoms with Gasteiger partial charge in [0.2, 0.25) is 0 Å². The molecule has 0 fully saturated rings. The first-order valence-corrected chi connectivity index (χ1v) is 7.99. The lowest BCUT2D eigenvalue weighted by Gasteiger charge is -2.24. The second kappa shape index (κ2) is 5.37. The highest BCUT2D eigenvalue weighted by atomic mass is 19.4. The highest BCUT2D eigenvalue weighted by molar-refractivity contribution is 5.91. The monoisotopic (exact) mass is 344 g/mol. The Labute approximate surface area is 141 Å². The van der Waals surface area contributed by atoms with Crippen LogP contribution in [0.4, 0.5) is 19.0 Å². The van der Waals surface area contributed by atoms with Crippen molar-refractivity contribution >= 4 is 16.7 Å². The van der Waals surface area contributed by atoms with Crippen molar-refractivity contribution < 1.29 is 13.2 Å². The van der Waals surface area contributed by atoms with Crippen LogP contribution >= 0.6 is 0 Å². The molecule has 0 amide bonds. The van der Waals surface area contributed by atoms with E-state index in [2.05, 4.69) is 0 Å². The summed E-state index contributed by atoms with van der Waals surface area (Å²) in [7, 11) is 0. The largest absolute Gasteiger partial charge is 0.416 e. The first-order valence-electron chi connectivity index (χ1n) is 7.99. The van der Waals surface area contributed by atoms with Crippen molar-refractivity contribution in [2.75, 3.05) is 5.73 Å². The van der Waals surface area contributed by atoms with Gasteiger partial charge < -0.3 is 10.3 Å². The van der Waals surface area contributed by atoms with Crippen LogP contribution in [-0.2, 0) is 19.1 Å². The van der Waals surface area contributed by atoms with E-state index in [-0.39, 0.29) is 22.4 Å². The summed E-state index contributed by atoms with van der Waals surface area (Å²) in [5.41, 5.74) is 7.29. The lowest BCUT2D eigenvalue weighted by Crippen LogP contribution is -2.21. The fourth-order valence-corrected chi connectivity index (χ4v) is 3.59. The Bertz CT molecular complexity index is 1050. The minimum Gasteiger partial charge on any atom is -0.384 e. The molecule has 0 bridgehead atoms. The van der Waals surface area contributed by atoms with Gasteiger partial charge in [-0.25, -0.2) is 0 Å². The average Bonchev–Trinajstić information content (AvgIpc) is 2.59. The molecule has 3 nitrogen and oxygen atoms in total. The van der Waals surface area contributed by atoms with Crippen LogP contribution in [-0.4, -0.2) is 4.57 Å². The predicted molar refractivity (Wildman–Crippen MR) is 91.4 cm³/mol. The Balaban J connectivity index is 2.06. The molecule has 0 unspecified atom stereocenters. The molecule has 1 aliphatic heterocycles. The Morgan fingerprint density at radius 2 is 1.84 bits per heavy atom. The quantitative estimate of drug-likeness (QED) is 0.719. The van der Waals surface area contributed by atoms with Gasteiger partial charge in [-0.3, -0.25) is 4.79 Å². The normalized spacial score (nSPS) is 14.0. The van der Waals surface area contributed by atoms with Crippen molar-refractivity contribution in [3.8, 4) is 11.1 Å². The Hall–Kier alpha value is -2.76. The van der Waals surface area contributed by atoms with E-state index in [9.17, 15) is 18.0 Å². The molecule has 1 aliphatic rings. The first-order chi connectivity index (χ1) is 11.9. The molecule has 1 aromatic heterocycles. The number of aryl methyl sites for hydroxylation is 2. The maximum absolute atomic E-state index is 13.0. The highest BCUT2D eigenvalue weighted by Gasteiger charge is 2.31. The Morgan fingerprint density at radius 1 is 1.08 bits per heavy atom. The number of nitrogens with zero attached hydrogens (tertiary/aromatic N) is 1. The molecule has 0 saturated heterocycles. The average molecular weight is 344 g/mol. The highest BCUT2D eigenvalue weighted by Crippen LogP contribution is 2.35. The number of rotatable bonds is 1. The van der Waals surface area contributed by atoms with Crippen molar-refractivity contribution in [2.24, 2.45) is 0 Å². The SMILES string of the molecule is Nc1c(-c2cccc(C(F)(F)F)c2)c(=O)c2cccc3c2n1CCC3. The van der Waals surface area contributed by atoms with Crippen molar-refractivity contribution in [3.05, 3.63) is 63.8 Å². The summed E-state index contributed by atoms with van der Waals surface area (Å²) in [6.07, 6.45) is -2.74. The minimum absolute atomic E-state index is 0.137. The molecule has 3 aromatic rings. The summed E-state index contributed by atoms with van der Waals surface area (Å²) < 4.78 is 40.9. The number of para-hydroxylation sites is 1. The van der Waals surface area contributed by atoms with Crippen molar-refractivity contribution in [2.45, 2.75) is 25.6 Å². The van der Waals surface area contributed by atoms with E-state index in [1.807, 2.05) is 10.6 Å². The van der Waals surface area contributed by atoms with Crippen LogP contribution in [0.5, 0.6) is 0 Å². The van der Waals surface area contributed by atoms with Gasteiger partial charge in [0.1, 0.15) is 5.82 Å². The maximum atomic E-state index is 13.0. The number of nitrogen functional groups attached to an aromatic ring is 1. The van der Waals surface area contributed by atoms with Gasteiger partial charge in [0.15, 0.2) is 5.43 Å². The van der Waals surface area contributed by atoms with Crippen molar-refractivity contribution in [1.82, 2.24) is 4.57 Å². The minimum atomic E-state index is -4.47. The van der Waals surface area contributed by atoms with E-state index < -0.39 is 11.7 Å². The van der Waals surface area contributed by atoms with E-state index >= 15 is 0 Å². The molecule has 2 aromatic carbocycles. The fraction of sp³-hybridized carbons (Fsp3) is 0.211. The van der Waals surface area contributed by atoms with Crippen LogP contribution in [0.2, 0.25) is 0 Å². The summed E-state index contributed by atoms with van der Waals surface area (Å²) in [5, 5.41) is 0.499. The molecule has 0 aliphatic carbocycles. The van der Waals surface area contributed by atoms with Gasteiger partial charge in [-0.1, -0.05) is 24.3 Å². The van der Waals surface area contributed by atoms with E-state index in [4.69, 9.17) is 5.73 Å². The van der Waals surface area contributed by atoms with Crippen LogP contribution in [0.15, 0.2) is 47.3 Å². The molecular formula is C19H15F3N2O. The van der Waals surface area contributed by atoms with E-state index in [0.29, 0.717) is 11.9 Å². The number of nitrogens with two attached hydrogens (primary N) is 1. The zero-order chi connectivity index (χ0) is 17.8. The molecule has 0 atom stereocenters. The summed E-state index contributed by atoms with van der Waals surface area (Å²) in [5.74, 6) is 0.226. The number of anilines is 1. The topological polar surface area (TPSA) is 48.0 Å². The molecule has 6 heteroatoms. The van der Waals surface area contributed by atoms with Gasteiger partial charge in [0, 0.05) is 11.9 Å². The van der Waals surface area contributed by atoms with Crippen LogP contribution in [0.25, 0.3) is 22.0 Å². The van der Waals surface area contributed by atoms with Crippen LogP contribution < -0.4 is 11.2 Å². The van der Waals surface area contributed by atoms with Crippen LogP contribution in [0.3, 0.4) is 0 Å². The van der Waals surface area contributed by atoms with Gasteiger partial charge in [-0.2, -0.15) is 13.2 Å². The van der Waals surface area contributed by atoms with E-state index in [1.54, 1.807) is 12.1 Å². The summed E-state index contributed by atoms with van der Waals surface area (Å²) in [6.45, 7) is 0.644. The van der Waals surface area contributed by atoms with Crippen molar-refractivity contribution in [1.29, 1.82) is 0 Å². The molecule has 128 valence electrons. The number of alkyl halides is 3. The third kappa shape index (κ3) is 2.40. The second-order valence-electron chi connectivity index (χ2n) is 6.24. The predicted octanol–water partition coefficient (Wildman–Crippen LogP) is 4.22. The Kier molecular flexibility index (Phi) is 3.39. The molecular weight excluding hydrogens is 329 g/mol. The lowest BCUT2D eigenvalue weighted by molar-refractivity contribution is -0.137. The van der Waals surface area contributed by atoms with Gasteiger partial charge >= 0.3 is 6.18 Å². The number of pyridine rings is 1. The van der Waals surface area contributed by atoms with Crippen LogP contribution in [0.1, 0.15) is 17.5 Å². The second-order valence-corrected chi connectivity index (χ2v) is 6.24. The van der Waals surface area contributed by atoms with E-state index in [0.717, 1.165) is 36.1 Å². The Morgan fingerprint density at radius 3 is 2.60 bits per heavy atom. The van der Waals surface area contributed by atoms with Gasteiger partial charge in [0.05, 0.1) is 16.6 Å². The number of hydrogen-bond acceptors (Lipinski definition) is 2. The summed E-state index contributed by atoms with van der Waals surface area (Å²) in [6, 6.07) is 10.2. The number of benzene rings is 2. The smallest absolute Gasteiger partial charge is 0.384 e. The van der Waals surface area contributed by atoms with Crippen LogP contribution in [0, 0.1) is 0 Å². The first kappa shape index (κ1) is 15.7. The number of aromatic nitrogens is 1. The summed E-state index contributed by atoms with van der Waals surface area (Å²) in [4.78, 5) is 13.0. The van der Waals surface area contributed by atoms with E-state index in [1.165, 1.54) is 12.1 Å². The zero-order valence-corrected chi connectivity index (χ0v) is 13.2. The number of halogens is 3. The summed E-state index contributed by atoms with van der Waals surface area (Å²) >= 11 is 0. The maximum Gasteiger partial charge on any atom is 0.416 e. The third-order valence-corrected chi connectivity index (χ3v) is 4.71. The van der Waals surface area contributed by atoms with Gasteiger partial charge in [-0.05, 0) is 42.2 Å². The molecule has 0 saturated carbocycles.